The summed E-state index contributed by atoms with van der Waals surface area (Å²) in [4.78, 5) is 0. The van der Waals surface area contributed by atoms with Crippen LogP contribution in [0.2, 0.25) is 0 Å². The van der Waals surface area contributed by atoms with Gasteiger partial charge in [-0.05, 0) is 11.1 Å². The Kier molecular flexibility index (Phi) is 3.56. The zero-order valence-corrected chi connectivity index (χ0v) is 11.2. The molecular weight excluding hydrogens is 248 g/mol. The van der Waals surface area contributed by atoms with E-state index in [9.17, 15) is 0 Å². The molecule has 20 heavy (non-hydrogen) atoms. The molecule has 0 radical (unpaired) electrons. The zero-order valence-electron chi connectivity index (χ0n) is 11.2. The number of ether oxygens (including phenoxy) is 2. The van der Waals surface area contributed by atoms with Crippen molar-refractivity contribution in [3.05, 3.63) is 71.8 Å². The van der Waals surface area contributed by atoms with Gasteiger partial charge in [0.2, 0.25) is 0 Å². The van der Waals surface area contributed by atoms with Crippen molar-refractivity contribution in [1.29, 1.82) is 0 Å². The molecule has 100 valence electrons. The second-order valence-electron chi connectivity index (χ2n) is 4.78. The molecule has 0 spiro atoms. The largest absolute Gasteiger partial charge is 0.369 e. The maximum absolute atomic E-state index is 6.11. The minimum atomic E-state index is -0.616. The second kappa shape index (κ2) is 5.50. The van der Waals surface area contributed by atoms with Gasteiger partial charge in [0, 0.05) is 0 Å². The Bertz CT molecular complexity index is 555. The van der Waals surface area contributed by atoms with Crippen LogP contribution in [-0.4, -0.2) is 19.3 Å². The van der Waals surface area contributed by atoms with Crippen LogP contribution in [0, 0.1) is 12.3 Å². The average Bonchev–Trinajstić information content (AvgIpc) is 3.36. The Morgan fingerprint density at radius 1 is 1.05 bits per heavy atom. The van der Waals surface area contributed by atoms with Gasteiger partial charge >= 0.3 is 0 Å². The standard InChI is InChI=1S/C18H16O2/c1-2-13-20-18(17-14-19-17,15-9-5-3-6-10-15)16-11-7-4-8-12-16/h1,3-12,17H,13-14H2. The fourth-order valence-corrected chi connectivity index (χ4v) is 2.61. The molecule has 2 nitrogen and oxygen atoms in total. The van der Waals surface area contributed by atoms with Crippen molar-refractivity contribution in [2.75, 3.05) is 13.2 Å². The van der Waals surface area contributed by atoms with E-state index in [2.05, 4.69) is 30.2 Å². The molecule has 0 amide bonds. The highest BCUT2D eigenvalue weighted by atomic mass is 16.6. The molecule has 1 aliphatic rings. The molecular formula is C18H16O2. The quantitative estimate of drug-likeness (QED) is 0.611. The van der Waals surface area contributed by atoms with E-state index < -0.39 is 5.60 Å². The monoisotopic (exact) mass is 264 g/mol. The van der Waals surface area contributed by atoms with Gasteiger partial charge in [0.1, 0.15) is 18.3 Å². The van der Waals surface area contributed by atoms with Crippen LogP contribution in [0.5, 0.6) is 0 Å². The van der Waals surface area contributed by atoms with E-state index in [1.165, 1.54) is 0 Å². The van der Waals surface area contributed by atoms with Crippen molar-refractivity contribution in [2.45, 2.75) is 11.7 Å². The van der Waals surface area contributed by atoms with Gasteiger partial charge in [0.15, 0.2) is 0 Å². The molecule has 2 aromatic carbocycles. The lowest BCUT2D eigenvalue weighted by atomic mass is 9.83. The van der Waals surface area contributed by atoms with Crippen molar-refractivity contribution < 1.29 is 9.47 Å². The molecule has 0 aromatic heterocycles. The Balaban J connectivity index is 2.13. The minimum Gasteiger partial charge on any atom is -0.369 e. The van der Waals surface area contributed by atoms with Crippen molar-refractivity contribution in [3.8, 4) is 12.3 Å². The maximum atomic E-state index is 6.11. The lowest BCUT2D eigenvalue weighted by molar-refractivity contribution is -0.0205. The minimum absolute atomic E-state index is 0.0145. The SMILES string of the molecule is C#CCOC(c1ccccc1)(c1ccccc1)C1CO1. The third-order valence-electron chi connectivity index (χ3n) is 3.58. The van der Waals surface area contributed by atoms with Gasteiger partial charge in [0.05, 0.1) is 6.61 Å². The van der Waals surface area contributed by atoms with Crippen LogP contribution in [0.15, 0.2) is 60.7 Å². The van der Waals surface area contributed by atoms with Crippen LogP contribution in [0.1, 0.15) is 11.1 Å². The first-order valence-electron chi connectivity index (χ1n) is 6.68. The van der Waals surface area contributed by atoms with Crippen LogP contribution >= 0.6 is 0 Å². The highest BCUT2D eigenvalue weighted by Crippen LogP contribution is 2.43. The number of rotatable bonds is 5. The van der Waals surface area contributed by atoms with E-state index >= 15 is 0 Å². The Morgan fingerprint density at radius 2 is 1.55 bits per heavy atom. The first kappa shape index (κ1) is 12.9. The Hall–Kier alpha value is -2.08. The van der Waals surface area contributed by atoms with Crippen molar-refractivity contribution in [3.63, 3.8) is 0 Å². The smallest absolute Gasteiger partial charge is 0.148 e. The number of hydrogen-bond acceptors (Lipinski definition) is 2. The number of terminal acetylenes is 1. The summed E-state index contributed by atoms with van der Waals surface area (Å²) in [5.41, 5.74) is 1.53. The van der Waals surface area contributed by atoms with Crippen molar-refractivity contribution in [2.24, 2.45) is 0 Å². The van der Waals surface area contributed by atoms with Crippen LogP contribution in [0.4, 0.5) is 0 Å². The number of hydrogen-bond donors (Lipinski definition) is 0. The molecule has 3 rings (SSSR count). The summed E-state index contributed by atoms with van der Waals surface area (Å²) in [5, 5.41) is 0. The Labute approximate surface area is 119 Å². The van der Waals surface area contributed by atoms with Gasteiger partial charge in [-0.25, -0.2) is 0 Å². The number of benzene rings is 2. The molecule has 1 aliphatic heterocycles. The fraction of sp³-hybridized carbons (Fsp3) is 0.222. The van der Waals surface area contributed by atoms with Gasteiger partial charge < -0.3 is 9.47 Å². The summed E-state index contributed by atoms with van der Waals surface area (Å²) in [7, 11) is 0. The summed E-state index contributed by atoms with van der Waals surface area (Å²) in [6.45, 7) is 0.942. The zero-order chi connectivity index (χ0) is 13.8. The molecule has 1 atom stereocenters. The Morgan fingerprint density at radius 3 is 1.95 bits per heavy atom. The molecule has 1 saturated heterocycles. The van der Waals surface area contributed by atoms with Crippen molar-refractivity contribution in [1.82, 2.24) is 0 Å². The molecule has 2 aromatic rings. The molecule has 0 saturated carbocycles. The lowest BCUT2D eigenvalue weighted by Crippen LogP contribution is -2.37. The van der Waals surface area contributed by atoms with Gasteiger partial charge in [-0.1, -0.05) is 66.6 Å². The molecule has 1 fully saturated rings. The van der Waals surface area contributed by atoms with Crippen LogP contribution in [0.25, 0.3) is 0 Å². The third-order valence-corrected chi connectivity index (χ3v) is 3.58. The summed E-state index contributed by atoms with van der Waals surface area (Å²) in [5.74, 6) is 2.57. The van der Waals surface area contributed by atoms with Gasteiger partial charge in [-0.2, -0.15) is 0 Å². The van der Waals surface area contributed by atoms with Gasteiger partial charge in [-0.15, -0.1) is 6.42 Å². The van der Waals surface area contributed by atoms with Gasteiger partial charge in [-0.3, -0.25) is 0 Å². The number of epoxide rings is 1. The normalized spacial score (nSPS) is 17.4. The van der Waals surface area contributed by atoms with Crippen LogP contribution < -0.4 is 0 Å². The van der Waals surface area contributed by atoms with Crippen LogP contribution in [0.3, 0.4) is 0 Å². The molecule has 1 heterocycles. The van der Waals surface area contributed by atoms with E-state index in [0.29, 0.717) is 6.61 Å². The highest BCUT2D eigenvalue weighted by molar-refractivity contribution is 5.39. The summed E-state index contributed by atoms with van der Waals surface area (Å²) in [6.07, 6.45) is 5.41. The first-order chi connectivity index (χ1) is 9.88. The second-order valence-corrected chi connectivity index (χ2v) is 4.78. The van der Waals surface area contributed by atoms with Crippen LogP contribution in [-0.2, 0) is 15.1 Å². The molecule has 0 aliphatic carbocycles. The average molecular weight is 264 g/mol. The van der Waals surface area contributed by atoms with E-state index in [4.69, 9.17) is 15.9 Å². The summed E-state index contributed by atoms with van der Waals surface area (Å²) >= 11 is 0. The van der Waals surface area contributed by atoms with Crippen molar-refractivity contribution >= 4 is 0 Å². The third kappa shape index (κ3) is 2.22. The summed E-state index contributed by atoms with van der Waals surface area (Å²) < 4.78 is 11.7. The molecule has 0 bridgehead atoms. The lowest BCUT2D eigenvalue weighted by Gasteiger charge is -2.33. The molecule has 0 N–H and O–H groups in total. The van der Waals surface area contributed by atoms with E-state index in [1.807, 2.05) is 36.4 Å². The van der Waals surface area contributed by atoms with E-state index in [-0.39, 0.29) is 12.7 Å². The fourth-order valence-electron chi connectivity index (χ4n) is 2.61. The topological polar surface area (TPSA) is 21.8 Å². The highest BCUT2D eigenvalue weighted by Gasteiger charge is 2.50. The first-order valence-corrected chi connectivity index (χ1v) is 6.68. The summed E-state index contributed by atoms with van der Waals surface area (Å²) in [6, 6.07) is 20.3. The predicted molar refractivity (Wildman–Crippen MR) is 78.2 cm³/mol. The molecule has 2 heteroatoms. The van der Waals surface area contributed by atoms with Gasteiger partial charge in [0.25, 0.3) is 0 Å². The maximum Gasteiger partial charge on any atom is 0.148 e. The predicted octanol–water partition coefficient (Wildman–Crippen LogP) is 2.98. The molecule has 1 unspecified atom stereocenters. The van der Waals surface area contributed by atoms with E-state index in [0.717, 1.165) is 11.1 Å². The van der Waals surface area contributed by atoms with E-state index in [1.54, 1.807) is 0 Å².